The maximum absolute atomic E-state index is 12.9. The van der Waals surface area contributed by atoms with Gasteiger partial charge in [-0.3, -0.25) is 4.79 Å². The van der Waals surface area contributed by atoms with E-state index in [1.807, 2.05) is 12.1 Å². The van der Waals surface area contributed by atoms with E-state index in [2.05, 4.69) is 0 Å². The summed E-state index contributed by atoms with van der Waals surface area (Å²) in [7, 11) is 0. The van der Waals surface area contributed by atoms with Gasteiger partial charge >= 0.3 is 5.63 Å². The summed E-state index contributed by atoms with van der Waals surface area (Å²) in [6.45, 7) is 2.73. The number of hydrogen-bond donors (Lipinski definition) is 2. The van der Waals surface area contributed by atoms with E-state index in [1.165, 1.54) is 0 Å². The Morgan fingerprint density at radius 1 is 1.28 bits per heavy atom. The highest BCUT2D eigenvalue weighted by Crippen LogP contribution is 2.36. The van der Waals surface area contributed by atoms with Gasteiger partial charge < -0.3 is 29.6 Å². The van der Waals surface area contributed by atoms with Crippen molar-refractivity contribution < 1.29 is 23.8 Å². The van der Waals surface area contributed by atoms with E-state index in [1.54, 1.807) is 30.0 Å². The first-order chi connectivity index (χ1) is 13.9. The number of rotatable bonds is 3. The van der Waals surface area contributed by atoms with Gasteiger partial charge in [-0.05, 0) is 43.5 Å². The number of fused-ring (bicyclic) bond motifs is 1. The molecule has 3 heterocycles. The lowest BCUT2D eigenvalue weighted by Gasteiger charge is -2.37. The smallest absolute Gasteiger partial charge is 0.349 e. The lowest BCUT2D eigenvalue weighted by molar-refractivity contribution is -0.00966. The summed E-state index contributed by atoms with van der Waals surface area (Å²) in [5.41, 5.74) is 4.46. The summed E-state index contributed by atoms with van der Waals surface area (Å²) >= 11 is 0. The van der Waals surface area contributed by atoms with Crippen LogP contribution in [0.3, 0.4) is 0 Å². The van der Waals surface area contributed by atoms with Gasteiger partial charge in [0.05, 0.1) is 5.60 Å². The van der Waals surface area contributed by atoms with Crippen LogP contribution < -0.4 is 20.8 Å². The molecule has 1 saturated heterocycles. The van der Waals surface area contributed by atoms with Gasteiger partial charge in [0, 0.05) is 19.6 Å². The number of likely N-dealkylation sites (tertiary alicyclic amines) is 1. The molecule has 0 bridgehead atoms. The van der Waals surface area contributed by atoms with Crippen LogP contribution in [-0.2, 0) is 0 Å². The van der Waals surface area contributed by atoms with Crippen LogP contribution in [0, 0.1) is 6.92 Å². The third kappa shape index (κ3) is 3.73. The predicted molar refractivity (Wildman–Crippen MR) is 104 cm³/mol. The summed E-state index contributed by atoms with van der Waals surface area (Å²) in [6.07, 6.45) is 0.185. The first-order valence-corrected chi connectivity index (χ1v) is 9.65. The second-order valence-corrected chi connectivity index (χ2v) is 7.58. The Morgan fingerprint density at radius 3 is 2.62 bits per heavy atom. The first kappa shape index (κ1) is 19.5. The minimum Gasteiger partial charge on any atom is -0.485 e. The Labute approximate surface area is 167 Å². The van der Waals surface area contributed by atoms with Gasteiger partial charge in [-0.2, -0.15) is 0 Å². The molecule has 154 valence electrons. The van der Waals surface area contributed by atoms with E-state index in [0.29, 0.717) is 48.8 Å². The van der Waals surface area contributed by atoms with E-state index in [-0.39, 0.29) is 18.7 Å². The van der Waals surface area contributed by atoms with Crippen LogP contribution in [0.2, 0.25) is 0 Å². The Hall–Kier alpha value is -2.84. The van der Waals surface area contributed by atoms with Crippen LogP contribution in [0.15, 0.2) is 39.5 Å². The maximum atomic E-state index is 12.9. The molecular weight excluding hydrogens is 376 g/mol. The third-order valence-electron chi connectivity index (χ3n) is 5.57. The average Bonchev–Trinajstić information content (AvgIpc) is 2.73. The average molecular weight is 400 g/mol. The number of para-hydroxylation sites is 2. The standard InChI is InChI=1S/C21H24N2O6/c1-13-10-16(17-11-27-14-4-2-3-5-15(14)28-17)29-20(25)18(13)19(24)23-8-6-21(26,12-22)7-9-23/h2-5,10,17,26H,6-9,11-12,22H2,1H3. The number of hydrogen-bond acceptors (Lipinski definition) is 7. The van der Waals surface area contributed by atoms with Gasteiger partial charge in [-0.15, -0.1) is 0 Å². The molecule has 0 saturated carbocycles. The fourth-order valence-electron chi connectivity index (χ4n) is 3.70. The largest absolute Gasteiger partial charge is 0.485 e. The summed E-state index contributed by atoms with van der Waals surface area (Å²) in [4.78, 5) is 27.1. The first-order valence-electron chi connectivity index (χ1n) is 9.65. The number of aliphatic hydroxyl groups is 1. The fraction of sp³-hybridized carbons (Fsp3) is 0.429. The number of nitrogens with two attached hydrogens (primary N) is 1. The number of aryl methyl sites for hydroxylation is 1. The minimum atomic E-state index is -0.949. The molecule has 0 radical (unpaired) electrons. The van der Waals surface area contributed by atoms with Crippen molar-refractivity contribution in [3.8, 4) is 11.5 Å². The summed E-state index contributed by atoms with van der Waals surface area (Å²) in [5, 5.41) is 10.2. The Kier molecular flexibility index (Phi) is 5.06. The van der Waals surface area contributed by atoms with Crippen LogP contribution in [-0.4, -0.2) is 47.8 Å². The van der Waals surface area contributed by atoms with Crippen molar-refractivity contribution in [3.05, 3.63) is 57.6 Å². The highest BCUT2D eigenvalue weighted by Gasteiger charge is 2.35. The normalized spacial score (nSPS) is 20.4. The molecule has 8 nitrogen and oxygen atoms in total. The van der Waals surface area contributed by atoms with Crippen LogP contribution in [0.5, 0.6) is 11.5 Å². The molecule has 2 aromatic rings. The molecule has 0 spiro atoms. The molecule has 1 fully saturated rings. The molecule has 1 atom stereocenters. The molecular formula is C21H24N2O6. The highest BCUT2D eigenvalue weighted by molar-refractivity contribution is 5.95. The van der Waals surface area contributed by atoms with Crippen molar-refractivity contribution >= 4 is 5.91 Å². The van der Waals surface area contributed by atoms with Crippen LogP contribution in [0.4, 0.5) is 0 Å². The highest BCUT2D eigenvalue weighted by atomic mass is 16.6. The van der Waals surface area contributed by atoms with Gasteiger partial charge in [-0.25, -0.2) is 4.79 Å². The van der Waals surface area contributed by atoms with Crippen LogP contribution in [0.1, 0.15) is 40.6 Å². The predicted octanol–water partition coefficient (Wildman–Crippen LogP) is 1.39. The topological polar surface area (TPSA) is 115 Å². The third-order valence-corrected chi connectivity index (χ3v) is 5.57. The van der Waals surface area contributed by atoms with Crippen molar-refractivity contribution in [2.75, 3.05) is 26.2 Å². The summed E-state index contributed by atoms with van der Waals surface area (Å²) in [6, 6.07) is 8.92. The fourth-order valence-corrected chi connectivity index (χ4v) is 3.70. The number of ether oxygens (including phenoxy) is 2. The molecule has 8 heteroatoms. The summed E-state index contributed by atoms with van der Waals surface area (Å²) < 4.78 is 17.0. The quantitative estimate of drug-likeness (QED) is 0.800. The van der Waals surface area contributed by atoms with Crippen molar-refractivity contribution in [2.24, 2.45) is 5.73 Å². The number of carbonyl (C=O) groups is 1. The molecule has 0 aliphatic carbocycles. The van der Waals surface area contributed by atoms with Gasteiger partial charge in [-0.1, -0.05) is 12.1 Å². The van der Waals surface area contributed by atoms with Crippen molar-refractivity contribution in [3.63, 3.8) is 0 Å². The van der Waals surface area contributed by atoms with E-state index in [4.69, 9.17) is 19.6 Å². The second kappa shape index (κ2) is 7.53. The van der Waals surface area contributed by atoms with Gasteiger partial charge in [0.2, 0.25) is 0 Å². The van der Waals surface area contributed by atoms with E-state index in [9.17, 15) is 14.7 Å². The zero-order valence-electron chi connectivity index (χ0n) is 16.2. The number of benzene rings is 1. The van der Waals surface area contributed by atoms with Crippen LogP contribution >= 0.6 is 0 Å². The monoisotopic (exact) mass is 400 g/mol. The zero-order chi connectivity index (χ0) is 20.6. The Balaban J connectivity index is 1.54. The molecule has 29 heavy (non-hydrogen) atoms. The van der Waals surface area contributed by atoms with E-state index in [0.717, 1.165) is 0 Å². The molecule has 4 rings (SSSR count). The van der Waals surface area contributed by atoms with Gasteiger partial charge in [0.15, 0.2) is 23.4 Å². The molecule has 1 amide bonds. The number of amides is 1. The van der Waals surface area contributed by atoms with Crippen LogP contribution in [0.25, 0.3) is 0 Å². The van der Waals surface area contributed by atoms with Crippen molar-refractivity contribution in [1.82, 2.24) is 4.90 Å². The molecule has 3 N–H and O–H groups in total. The number of carbonyl (C=O) groups excluding carboxylic acids is 1. The van der Waals surface area contributed by atoms with Gasteiger partial charge in [0.1, 0.15) is 12.2 Å². The maximum Gasteiger partial charge on any atom is 0.349 e. The minimum absolute atomic E-state index is 0.00377. The van der Waals surface area contributed by atoms with Gasteiger partial charge in [0.25, 0.3) is 5.91 Å². The molecule has 1 aromatic heterocycles. The summed E-state index contributed by atoms with van der Waals surface area (Å²) in [5.74, 6) is 1.13. The number of nitrogens with zero attached hydrogens (tertiary/aromatic N) is 1. The van der Waals surface area contributed by atoms with Crippen molar-refractivity contribution in [2.45, 2.75) is 31.5 Å². The van der Waals surface area contributed by atoms with E-state index < -0.39 is 23.2 Å². The number of piperidine rings is 1. The van der Waals surface area contributed by atoms with Crippen molar-refractivity contribution in [1.29, 1.82) is 0 Å². The molecule has 2 aliphatic rings. The zero-order valence-corrected chi connectivity index (χ0v) is 16.2. The molecule has 1 unspecified atom stereocenters. The second-order valence-electron chi connectivity index (χ2n) is 7.58. The Morgan fingerprint density at radius 2 is 1.97 bits per heavy atom. The van der Waals surface area contributed by atoms with E-state index >= 15 is 0 Å². The lowest BCUT2D eigenvalue weighted by Crippen LogP contribution is -2.50. The molecule has 2 aliphatic heterocycles. The Bertz CT molecular complexity index is 977. The molecule has 1 aromatic carbocycles. The lowest BCUT2D eigenvalue weighted by atomic mass is 9.91. The SMILES string of the molecule is Cc1cc(C2COc3ccccc3O2)oc(=O)c1C(=O)N1CCC(O)(CN)CC1.